The van der Waals surface area contributed by atoms with E-state index >= 15 is 0 Å². The van der Waals surface area contributed by atoms with Gasteiger partial charge in [-0.1, -0.05) is 48.0 Å². The number of esters is 1. The van der Waals surface area contributed by atoms with E-state index in [1.165, 1.54) is 7.11 Å². The lowest BCUT2D eigenvalue weighted by atomic mass is 10.1. The third-order valence-electron chi connectivity index (χ3n) is 4.18. The number of methoxy groups -OCH3 is 1. The molecule has 1 fully saturated rings. The van der Waals surface area contributed by atoms with E-state index in [0.29, 0.717) is 11.6 Å². The van der Waals surface area contributed by atoms with Gasteiger partial charge in [-0.15, -0.1) is 0 Å². The Labute approximate surface area is 151 Å². The number of anilines is 1. The fourth-order valence-corrected chi connectivity index (χ4v) is 3.05. The number of hydrogen-bond acceptors (Lipinski definition) is 3. The Hall–Kier alpha value is -2.59. The maximum atomic E-state index is 12.1. The van der Waals surface area contributed by atoms with Gasteiger partial charge in [0, 0.05) is 23.7 Å². The summed E-state index contributed by atoms with van der Waals surface area (Å²) >= 11 is 5.97. The highest BCUT2D eigenvalue weighted by Crippen LogP contribution is 2.26. The van der Waals surface area contributed by atoms with Crippen LogP contribution < -0.4 is 4.90 Å². The lowest BCUT2D eigenvalue weighted by molar-refractivity contribution is -0.145. The van der Waals surface area contributed by atoms with Crippen molar-refractivity contribution in [2.45, 2.75) is 6.42 Å². The largest absolute Gasteiger partial charge is 0.469 e. The molecule has 0 saturated carbocycles. The van der Waals surface area contributed by atoms with E-state index < -0.39 is 0 Å². The predicted molar refractivity (Wildman–Crippen MR) is 99.3 cm³/mol. The first-order valence-electron chi connectivity index (χ1n) is 7.99. The van der Waals surface area contributed by atoms with Crippen molar-refractivity contribution in [1.82, 2.24) is 0 Å². The first-order chi connectivity index (χ1) is 12.1. The maximum Gasteiger partial charge on any atom is 0.311 e. The van der Waals surface area contributed by atoms with Crippen molar-refractivity contribution in [2.75, 3.05) is 18.6 Å². The molecular weight excluding hydrogens is 338 g/mol. The Morgan fingerprint density at radius 1 is 1.16 bits per heavy atom. The molecule has 0 aromatic heterocycles. The highest BCUT2D eigenvalue weighted by atomic mass is 35.5. The predicted octanol–water partition coefficient (Wildman–Crippen LogP) is 4.04. The molecule has 128 valence electrons. The minimum Gasteiger partial charge on any atom is -0.469 e. The Morgan fingerprint density at radius 2 is 1.88 bits per heavy atom. The second-order valence-corrected chi connectivity index (χ2v) is 6.34. The van der Waals surface area contributed by atoms with Gasteiger partial charge in [-0.05, 0) is 35.4 Å². The van der Waals surface area contributed by atoms with E-state index in [1.807, 2.05) is 60.7 Å². The van der Waals surface area contributed by atoms with Crippen molar-refractivity contribution < 1.29 is 14.3 Å². The summed E-state index contributed by atoms with van der Waals surface area (Å²) in [6.07, 6.45) is 4.16. The highest BCUT2D eigenvalue weighted by Gasteiger charge is 2.35. The molecule has 1 heterocycles. The summed E-state index contributed by atoms with van der Waals surface area (Å²) in [6.45, 7) is 0.364. The minimum atomic E-state index is -0.389. The normalized spacial score (nSPS) is 17.3. The number of hydrogen-bond donors (Lipinski definition) is 0. The van der Waals surface area contributed by atoms with Gasteiger partial charge in [0.15, 0.2) is 0 Å². The van der Waals surface area contributed by atoms with E-state index in [4.69, 9.17) is 16.3 Å². The SMILES string of the molecule is COC(=O)C1CC(=O)N(c2ccc(C=Cc3cccc(Cl)c3)cc2)C1. The van der Waals surface area contributed by atoms with E-state index in [2.05, 4.69) is 0 Å². The van der Waals surface area contributed by atoms with Crippen molar-refractivity contribution in [3.05, 3.63) is 64.7 Å². The molecule has 0 bridgehead atoms. The number of carbonyl (C=O) groups is 2. The monoisotopic (exact) mass is 355 g/mol. The zero-order chi connectivity index (χ0) is 17.8. The van der Waals surface area contributed by atoms with Crippen LogP contribution in [0.3, 0.4) is 0 Å². The van der Waals surface area contributed by atoms with Crippen LogP contribution in [0, 0.1) is 5.92 Å². The molecule has 2 aromatic rings. The zero-order valence-corrected chi connectivity index (χ0v) is 14.6. The van der Waals surface area contributed by atoms with Crippen LogP contribution in [0.25, 0.3) is 12.2 Å². The molecule has 3 rings (SSSR count). The zero-order valence-electron chi connectivity index (χ0n) is 13.8. The number of benzene rings is 2. The molecule has 1 aliphatic heterocycles. The number of halogens is 1. The molecule has 2 aromatic carbocycles. The van der Waals surface area contributed by atoms with Crippen molar-refractivity contribution >= 4 is 41.3 Å². The van der Waals surface area contributed by atoms with Crippen LogP contribution >= 0.6 is 11.6 Å². The first-order valence-corrected chi connectivity index (χ1v) is 8.36. The molecule has 1 amide bonds. The fraction of sp³-hybridized carbons (Fsp3) is 0.200. The number of ether oxygens (including phenoxy) is 1. The standard InChI is InChI=1S/C20H18ClNO3/c1-25-20(24)16-12-19(23)22(13-16)18-9-7-14(8-10-18)5-6-15-3-2-4-17(21)11-15/h2-11,16H,12-13H2,1H3. The van der Waals surface area contributed by atoms with Gasteiger partial charge in [0.25, 0.3) is 0 Å². The summed E-state index contributed by atoms with van der Waals surface area (Å²) in [7, 11) is 1.34. The summed E-state index contributed by atoms with van der Waals surface area (Å²) in [5.41, 5.74) is 2.82. The average molecular weight is 356 g/mol. The molecule has 1 atom stereocenters. The number of nitrogens with zero attached hydrogens (tertiary/aromatic N) is 1. The van der Waals surface area contributed by atoms with E-state index in [9.17, 15) is 9.59 Å². The molecule has 1 aliphatic rings. The Morgan fingerprint density at radius 3 is 2.56 bits per heavy atom. The number of carbonyl (C=O) groups excluding carboxylic acids is 2. The van der Waals surface area contributed by atoms with Crippen molar-refractivity contribution in [3.8, 4) is 0 Å². The second kappa shape index (κ2) is 7.53. The van der Waals surface area contributed by atoms with Gasteiger partial charge >= 0.3 is 5.97 Å². The minimum absolute atomic E-state index is 0.0578. The highest BCUT2D eigenvalue weighted by molar-refractivity contribution is 6.30. The Balaban J connectivity index is 1.70. The van der Waals surface area contributed by atoms with Crippen molar-refractivity contribution in [1.29, 1.82) is 0 Å². The van der Waals surface area contributed by atoms with Gasteiger partial charge in [-0.2, -0.15) is 0 Å². The first kappa shape index (κ1) is 17.2. The molecule has 5 heteroatoms. The molecule has 25 heavy (non-hydrogen) atoms. The number of rotatable bonds is 4. The molecular formula is C20H18ClNO3. The summed E-state index contributed by atoms with van der Waals surface area (Å²) in [5.74, 6) is -0.783. The van der Waals surface area contributed by atoms with E-state index in [-0.39, 0.29) is 24.2 Å². The summed E-state index contributed by atoms with van der Waals surface area (Å²) in [4.78, 5) is 25.4. The molecule has 0 radical (unpaired) electrons. The molecule has 0 spiro atoms. The Kier molecular flexibility index (Phi) is 5.19. The van der Waals surface area contributed by atoms with Crippen LogP contribution in [-0.2, 0) is 14.3 Å². The van der Waals surface area contributed by atoms with Crippen LogP contribution in [-0.4, -0.2) is 25.5 Å². The van der Waals surface area contributed by atoms with Crippen molar-refractivity contribution in [3.63, 3.8) is 0 Å². The summed E-state index contributed by atoms with van der Waals surface area (Å²) < 4.78 is 4.73. The van der Waals surface area contributed by atoms with Crippen LogP contribution in [0.2, 0.25) is 5.02 Å². The fourth-order valence-electron chi connectivity index (χ4n) is 2.85. The van der Waals surface area contributed by atoms with E-state index in [0.717, 1.165) is 16.8 Å². The molecule has 0 N–H and O–H groups in total. The van der Waals surface area contributed by atoms with Crippen LogP contribution in [0.1, 0.15) is 17.5 Å². The topological polar surface area (TPSA) is 46.6 Å². The quantitative estimate of drug-likeness (QED) is 0.614. The maximum absolute atomic E-state index is 12.1. The van der Waals surface area contributed by atoms with Crippen LogP contribution in [0.5, 0.6) is 0 Å². The smallest absolute Gasteiger partial charge is 0.311 e. The third kappa shape index (κ3) is 4.09. The molecule has 4 nitrogen and oxygen atoms in total. The van der Waals surface area contributed by atoms with Gasteiger partial charge in [-0.3, -0.25) is 9.59 Å². The molecule has 1 unspecified atom stereocenters. The number of amides is 1. The van der Waals surface area contributed by atoms with Gasteiger partial charge < -0.3 is 9.64 Å². The average Bonchev–Trinajstić information content (AvgIpc) is 3.01. The molecule has 1 saturated heterocycles. The van der Waals surface area contributed by atoms with Gasteiger partial charge in [0.05, 0.1) is 13.0 Å². The summed E-state index contributed by atoms with van der Waals surface area (Å²) in [6, 6.07) is 15.3. The lowest BCUT2D eigenvalue weighted by Gasteiger charge is -2.16. The second-order valence-electron chi connectivity index (χ2n) is 5.91. The van der Waals surface area contributed by atoms with Crippen LogP contribution in [0.4, 0.5) is 5.69 Å². The van der Waals surface area contributed by atoms with Gasteiger partial charge in [-0.25, -0.2) is 0 Å². The van der Waals surface area contributed by atoms with Crippen LogP contribution in [0.15, 0.2) is 48.5 Å². The van der Waals surface area contributed by atoms with Gasteiger partial charge in [0.1, 0.15) is 0 Å². The summed E-state index contributed by atoms with van der Waals surface area (Å²) in [5, 5.41) is 0.699. The van der Waals surface area contributed by atoms with Crippen molar-refractivity contribution in [2.24, 2.45) is 5.92 Å². The lowest BCUT2D eigenvalue weighted by Crippen LogP contribution is -2.26. The molecule has 0 aliphatic carbocycles. The third-order valence-corrected chi connectivity index (χ3v) is 4.42. The van der Waals surface area contributed by atoms with E-state index in [1.54, 1.807) is 4.90 Å². The Bertz CT molecular complexity index is 814. The van der Waals surface area contributed by atoms with Gasteiger partial charge in [0.2, 0.25) is 5.91 Å².